The van der Waals surface area contributed by atoms with Crippen molar-refractivity contribution in [3.8, 4) is 0 Å². The van der Waals surface area contributed by atoms with Crippen molar-refractivity contribution in [2.45, 2.75) is 51.7 Å². The smallest absolute Gasteiger partial charge is 0.123 e. The summed E-state index contributed by atoms with van der Waals surface area (Å²) in [5, 5.41) is 3.54. The van der Waals surface area contributed by atoms with Crippen LogP contribution in [0.25, 0.3) is 0 Å². The zero-order chi connectivity index (χ0) is 13.9. The van der Waals surface area contributed by atoms with Gasteiger partial charge in [-0.15, -0.1) is 0 Å². The van der Waals surface area contributed by atoms with Gasteiger partial charge in [-0.05, 0) is 62.9 Å². The van der Waals surface area contributed by atoms with Gasteiger partial charge in [0.15, 0.2) is 0 Å². The molecule has 2 unspecified atom stereocenters. The normalized spacial score (nSPS) is 24.6. The second-order valence-electron chi connectivity index (χ2n) is 5.65. The molecule has 1 saturated heterocycles. The number of halogens is 1. The molecule has 1 N–H and O–H groups in total. The molecule has 0 aliphatic carbocycles. The molecule has 1 aromatic carbocycles. The van der Waals surface area contributed by atoms with Gasteiger partial charge in [0.25, 0.3) is 0 Å². The van der Waals surface area contributed by atoms with E-state index in [1.807, 2.05) is 13.0 Å². The second-order valence-corrected chi connectivity index (χ2v) is 5.65. The SMILES string of the molecule is CCNC(Cc1ccc(F)cc1C)C1(C)CCCO1. The van der Waals surface area contributed by atoms with Gasteiger partial charge in [-0.25, -0.2) is 4.39 Å². The van der Waals surface area contributed by atoms with Crippen molar-refractivity contribution in [2.75, 3.05) is 13.2 Å². The maximum absolute atomic E-state index is 13.2. The van der Waals surface area contributed by atoms with E-state index in [2.05, 4.69) is 19.2 Å². The van der Waals surface area contributed by atoms with Crippen LogP contribution in [0, 0.1) is 12.7 Å². The van der Waals surface area contributed by atoms with Gasteiger partial charge in [-0.3, -0.25) is 0 Å². The molecule has 1 heterocycles. The Bertz CT molecular complexity index is 427. The first-order valence-corrected chi connectivity index (χ1v) is 7.17. The van der Waals surface area contributed by atoms with Crippen molar-refractivity contribution < 1.29 is 9.13 Å². The van der Waals surface area contributed by atoms with E-state index < -0.39 is 0 Å². The number of aryl methyl sites for hydroxylation is 1. The van der Waals surface area contributed by atoms with Crippen LogP contribution in [0.4, 0.5) is 4.39 Å². The lowest BCUT2D eigenvalue weighted by Crippen LogP contribution is -2.49. The number of nitrogens with one attached hydrogen (secondary N) is 1. The minimum atomic E-state index is -0.162. The van der Waals surface area contributed by atoms with Crippen LogP contribution in [-0.2, 0) is 11.2 Å². The van der Waals surface area contributed by atoms with E-state index in [1.165, 1.54) is 5.56 Å². The van der Waals surface area contributed by atoms with Crippen LogP contribution in [-0.4, -0.2) is 24.8 Å². The monoisotopic (exact) mass is 265 g/mol. The first kappa shape index (κ1) is 14.5. The Morgan fingerprint density at radius 2 is 2.26 bits per heavy atom. The van der Waals surface area contributed by atoms with Crippen molar-refractivity contribution >= 4 is 0 Å². The van der Waals surface area contributed by atoms with E-state index in [9.17, 15) is 4.39 Å². The molecular formula is C16H24FNO. The highest BCUT2D eigenvalue weighted by Gasteiger charge is 2.37. The summed E-state index contributed by atoms with van der Waals surface area (Å²) in [5.74, 6) is -0.162. The summed E-state index contributed by atoms with van der Waals surface area (Å²) in [4.78, 5) is 0. The predicted molar refractivity (Wildman–Crippen MR) is 75.9 cm³/mol. The predicted octanol–water partition coefficient (Wildman–Crippen LogP) is 3.22. The first-order valence-electron chi connectivity index (χ1n) is 7.17. The molecule has 2 nitrogen and oxygen atoms in total. The van der Waals surface area contributed by atoms with Crippen molar-refractivity contribution in [3.05, 3.63) is 35.1 Å². The van der Waals surface area contributed by atoms with Gasteiger partial charge in [-0.1, -0.05) is 13.0 Å². The number of hydrogen-bond donors (Lipinski definition) is 1. The molecule has 0 aromatic heterocycles. The lowest BCUT2D eigenvalue weighted by Gasteiger charge is -2.34. The van der Waals surface area contributed by atoms with E-state index in [4.69, 9.17) is 4.74 Å². The highest BCUT2D eigenvalue weighted by atomic mass is 19.1. The molecule has 1 aromatic rings. The second kappa shape index (κ2) is 6.02. The lowest BCUT2D eigenvalue weighted by atomic mass is 9.87. The Labute approximate surface area is 115 Å². The Balaban J connectivity index is 2.16. The number of likely N-dealkylation sites (N-methyl/N-ethyl adjacent to an activating group) is 1. The Morgan fingerprint density at radius 1 is 1.47 bits per heavy atom. The summed E-state index contributed by atoms with van der Waals surface area (Å²) in [7, 11) is 0. The average molecular weight is 265 g/mol. The maximum Gasteiger partial charge on any atom is 0.123 e. The Kier molecular flexibility index (Phi) is 4.58. The van der Waals surface area contributed by atoms with Gasteiger partial charge in [0, 0.05) is 12.6 Å². The van der Waals surface area contributed by atoms with E-state index in [0.29, 0.717) is 0 Å². The van der Waals surface area contributed by atoms with Gasteiger partial charge in [0.05, 0.1) is 5.60 Å². The molecule has 1 aliphatic heterocycles. The lowest BCUT2D eigenvalue weighted by molar-refractivity contribution is -0.0110. The van der Waals surface area contributed by atoms with Crippen molar-refractivity contribution in [3.63, 3.8) is 0 Å². The van der Waals surface area contributed by atoms with Crippen molar-refractivity contribution in [1.29, 1.82) is 0 Å². The van der Waals surface area contributed by atoms with Crippen LogP contribution in [0.1, 0.15) is 37.8 Å². The molecule has 19 heavy (non-hydrogen) atoms. The average Bonchev–Trinajstić information content (AvgIpc) is 2.80. The number of hydrogen-bond acceptors (Lipinski definition) is 2. The van der Waals surface area contributed by atoms with Gasteiger partial charge in [0.1, 0.15) is 5.82 Å². The highest BCUT2D eigenvalue weighted by molar-refractivity contribution is 5.28. The molecule has 0 amide bonds. The summed E-state index contributed by atoms with van der Waals surface area (Å²) < 4.78 is 19.1. The highest BCUT2D eigenvalue weighted by Crippen LogP contribution is 2.30. The maximum atomic E-state index is 13.2. The Morgan fingerprint density at radius 3 is 2.84 bits per heavy atom. The van der Waals surface area contributed by atoms with Crippen molar-refractivity contribution in [1.82, 2.24) is 5.32 Å². The molecule has 2 atom stereocenters. The fraction of sp³-hybridized carbons (Fsp3) is 0.625. The molecule has 3 heteroatoms. The number of ether oxygens (including phenoxy) is 1. The molecule has 0 saturated carbocycles. The molecule has 1 fully saturated rings. The number of benzene rings is 1. The molecule has 106 valence electrons. The first-order chi connectivity index (χ1) is 9.05. The van der Waals surface area contributed by atoms with Gasteiger partial charge in [0.2, 0.25) is 0 Å². The minimum absolute atomic E-state index is 0.100. The molecule has 2 rings (SSSR count). The zero-order valence-corrected chi connectivity index (χ0v) is 12.1. The summed E-state index contributed by atoms with van der Waals surface area (Å²) in [6.07, 6.45) is 3.10. The summed E-state index contributed by atoms with van der Waals surface area (Å²) in [6.45, 7) is 8.04. The van der Waals surface area contributed by atoms with E-state index >= 15 is 0 Å². The summed E-state index contributed by atoms with van der Waals surface area (Å²) in [6, 6.07) is 5.33. The van der Waals surface area contributed by atoms with Crippen LogP contribution < -0.4 is 5.32 Å². The van der Waals surface area contributed by atoms with E-state index in [0.717, 1.165) is 38.0 Å². The number of rotatable bonds is 5. The minimum Gasteiger partial charge on any atom is -0.374 e. The summed E-state index contributed by atoms with van der Waals surface area (Å²) >= 11 is 0. The van der Waals surface area contributed by atoms with Crippen LogP contribution in [0.5, 0.6) is 0 Å². The molecule has 1 aliphatic rings. The third-order valence-electron chi connectivity index (χ3n) is 4.17. The van der Waals surface area contributed by atoms with E-state index in [-0.39, 0.29) is 17.5 Å². The topological polar surface area (TPSA) is 21.3 Å². The Hall–Kier alpha value is -0.930. The van der Waals surface area contributed by atoms with Crippen LogP contribution in [0.15, 0.2) is 18.2 Å². The van der Waals surface area contributed by atoms with Crippen molar-refractivity contribution in [2.24, 2.45) is 0 Å². The quantitative estimate of drug-likeness (QED) is 0.882. The summed E-state index contributed by atoms with van der Waals surface area (Å²) in [5.41, 5.74) is 2.12. The molecule has 0 bridgehead atoms. The van der Waals surface area contributed by atoms with Crippen LogP contribution in [0.3, 0.4) is 0 Å². The van der Waals surface area contributed by atoms with Gasteiger partial charge >= 0.3 is 0 Å². The van der Waals surface area contributed by atoms with Crippen LogP contribution >= 0.6 is 0 Å². The fourth-order valence-corrected chi connectivity index (χ4v) is 2.93. The molecule has 0 spiro atoms. The molecular weight excluding hydrogens is 241 g/mol. The third-order valence-corrected chi connectivity index (χ3v) is 4.17. The standard InChI is InChI=1S/C16H24FNO/c1-4-18-15(16(3)8-5-9-19-16)11-13-6-7-14(17)10-12(13)2/h6-7,10,15,18H,4-5,8-9,11H2,1-3H3. The van der Waals surface area contributed by atoms with Crippen LogP contribution in [0.2, 0.25) is 0 Å². The van der Waals surface area contributed by atoms with Gasteiger partial charge in [-0.2, -0.15) is 0 Å². The molecule has 0 radical (unpaired) electrons. The fourth-order valence-electron chi connectivity index (χ4n) is 2.93. The van der Waals surface area contributed by atoms with E-state index in [1.54, 1.807) is 12.1 Å². The van der Waals surface area contributed by atoms with Gasteiger partial charge < -0.3 is 10.1 Å². The zero-order valence-electron chi connectivity index (χ0n) is 12.1. The largest absolute Gasteiger partial charge is 0.374 e. The third kappa shape index (κ3) is 3.34.